The fraction of sp³-hybridized carbons (Fsp3) is 0.0741. The second kappa shape index (κ2) is 9.18. The molecule has 9 heteroatoms. The Hall–Kier alpha value is -4.66. The van der Waals surface area contributed by atoms with Gasteiger partial charge in [-0.1, -0.05) is 54.6 Å². The molecule has 2 heterocycles. The van der Waals surface area contributed by atoms with Crippen LogP contribution in [-0.4, -0.2) is 25.7 Å². The molecule has 0 bridgehead atoms. The summed E-state index contributed by atoms with van der Waals surface area (Å²) in [6.07, 6.45) is -4.46. The minimum Gasteiger partial charge on any atom is -0.488 e. The summed E-state index contributed by atoms with van der Waals surface area (Å²) in [7, 11) is 0. The molecule has 0 unspecified atom stereocenters. The average Bonchev–Trinajstić information content (AvgIpc) is 3.32. The van der Waals surface area contributed by atoms with E-state index in [4.69, 9.17) is 4.74 Å². The molecule has 0 saturated carbocycles. The van der Waals surface area contributed by atoms with Gasteiger partial charge < -0.3 is 9.84 Å². The Morgan fingerprint density at radius 3 is 2.31 bits per heavy atom. The summed E-state index contributed by atoms with van der Waals surface area (Å²) in [5, 5.41) is 13.6. The molecular formula is C27H18F3N3O3. The summed E-state index contributed by atoms with van der Waals surface area (Å²) < 4.78 is 46.6. The minimum atomic E-state index is -4.46. The standard InChI is InChI=1S/C27H18F3N3O3/c28-27(29,30)19-12-10-18(11-13-19)21-14-23(33-25(31-21)15-22(32-33)26(34)35)20-8-4-5-9-24(20)36-16-17-6-2-1-3-7-17/h1-15H,16H2,(H,34,35). The number of benzene rings is 3. The summed E-state index contributed by atoms with van der Waals surface area (Å²) in [4.78, 5) is 16.1. The van der Waals surface area contributed by atoms with E-state index in [2.05, 4.69) is 10.1 Å². The fourth-order valence-corrected chi connectivity index (χ4v) is 3.79. The Kier molecular flexibility index (Phi) is 5.89. The van der Waals surface area contributed by atoms with Crippen LogP contribution in [0.5, 0.6) is 5.75 Å². The number of nitrogens with zero attached hydrogens (tertiary/aromatic N) is 3. The first-order chi connectivity index (χ1) is 17.3. The van der Waals surface area contributed by atoms with E-state index < -0.39 is 17.7 Å². The van der Waals surface area contributed by atoms with Crippen molar-refractivity contribution < 1.29 is 27.8 Å². The predicted molar refractivity (Wildman–Crippen MR) is 127 cm³/mol. The Balaban J connectivity index is 1.63. The van der Waals surface area contributed by atoms with Crippen molar-refractivity contribution in [3.05, 3.63) is 108 Å². The molecule has 0 fully saturated rings. The van der Waals surface area contributed by atoms with Gasteiger partial charge in [0.1, 0.15) is 12.4 Å². The zero-order chi connectivity index (χ0) is 25.3. The first kappa shape index (κ1) is 23.1. The van der Waals surface area contributed by atoms with Gasteiger partial charge in [-0.2, -0.15) is 18.3 Å². The van der Waals surface area contributed by atoms with Crippen molar-refractivity contribution in [1.29, 1.82) is 0 Å². The van der Waals surface area contributed by atoms with Crippen LogP contribution in [0.15, 0.2) is 91.0 Å². The van der Waals surface area contributed by atoms with Crippen LogP contribution in [0.2, 0.25) is 0 Å². The number of aromatic carboxylic acids is 1. The zero-order valence-corrected chi connectivity index (χ0v) is 18.6. The normalized spacial score (nSPS) is 11.5. The molecule has 0 atom stereocenters. The van der Waals surface area contributed by atoms with Gasteiger partial charge in [0.15, 0.2) is 11.3 Å². The molecule has 0 spiro atoms. The lowest BCUT2D eigenvalue weighted by Gasteiger charge is -2.14. The van der Waals surface area contributed by atoms with Crippen molar-refractivity contribution in [3.63, 3.8) is 0 Å². The summed E-state index contributed by atoms with van der Waals surface area (Å²) >= 11 is 0. The van der Waals surface area contributed by atoms with Crippen LogP contribution in [0.25, 0.3) is 28.2 Å². The SMILES string of the molecule is O=C(O)c1cc2nc(-c3ccc(C(F)(F)F)cc3)cc(-c3ccccc3OCc3ccccc3)n2n1. The summed E-state index contributed by atoms with van der Waals surface area (Å²) in [5.74, 6) is -0.698. The van der Waals surface area contributed by atoms with Crippen molar-refractivity contribution in [2.45, 2.75) is 12.8 Å². The lowest BCUT2D eigenvalue weighted by atomic mass is 10.0. The van der Waals surface area contributed by atoms with Crippen LogP contribution in [0.1, 0.15) is 21.6 Å². The smallest absolute Gasteiger partial charge is 0.416 e. The number of aromatic nitrogens is 3. The highest BCUT2D eigenvalue weighted by molar-refractivity contribution is 5.87. The third-order valence-corrected chi connectivity index (χ3v) is 5.55. The van der Waals surface area contributed by atoms with Crippen molar-refractivity contribution in [3.8, 4) is 28.3 Å². The number of ether oxygens (including phenoxy) is 1. The number of fused-ring (bicyclic) bond motifs is 1. The lowest BCUT2D eigenvalue weighted by molar-refractivity contribution is -0.137. The molecule has 5 rings (SSSR count). The van der Waals surface area contributed by atoms with Crippen molar-refractivity contribution in [2.24, 2.45) is 0 Å². The fourth-order valence-electron chi connectivity index (χ4n) is 3.79. The summed E-state index contributed by atoms with van der Waals surface area (Å²) in [5.41, 5.74) is 2.11. The Labute approximate surface area is 203 Å². The molecule has 36 heavy (non-hydrogen) atoms. The predicted octanol–water partition coefficient (Wildman–Crippen LogP) is 6.36. The number of carboxylic acid groups (broad SMARTS) is 1. The van der Waals surface area contributed by atoms with E-state index >= 15 is 0 Å². The summed E-state index contributed by atoms with van der Waals surface area (Å²) in [6.45, 7) is 0.303. The van der Waals surface area contributed by atoms with Crippen LogP contribution in [0, 0.1) is 0 Å². The van der Waals surface area contributed by atoms with E-state index in [1.807, 2.05) is 36.4 Å². The molecule has 5 aromatic rings. The quantitative estimate of drug-likeness (QED) is 0.300. The van der Waals surface area contributed by atoms with Gasteiger partial charge in [0.05, 0.1) is 17.0 Å². The van der Waals surface area contributed by atoms with Gasteiger partial charge in [-0.3, -0.25) is 0 Å². The molecule has 0 aliphatic rings. The van der Waals surface area contributed by atoms with Gasteiger partial charge in [0.2, 0.25) is 0 Å². The molecule has 0 aliphatic carbocycles. The molecule has 2 aromatic heterocycles. The zero-order valence-electron chi connectivity index (χ0n) is 18.6. The van der Waals surface area contributed by atoms with Gasteiger partial charge in [0.25, 0.3) is 0 Å². The highest BCUT2D eigenvalue weighted by atomic mass is 19.4. The molecule has 1 N–H and O–H groups in total. The third kappa shape index (κ3) is 4.63. The largest absolute Gasteiger partial charge is 0.488 e. The highest BCUT2D eigenvalue weighted by Gasteiger charge is 2.30. The number of hydrogen-bond donors (Lipinski definition) is 1. The molecular weight excluding hydrogens is 471 g/mol. The van der Waals surface area contributed by atoms with Crippen LogP contribution < -0.4 is 4.74 Å². The number of carboxylic acids is 1. The maximum absolute atomic E-state index is 13.0. The Morgan fingerprint density at radius 1 is 0.917 bits per heavy atom. The number of carbonyl (C=O) groups is 1. The highest BCUT2D eigenvalue weighted by Crippen LogP contribution is 2.35. The number of para-hydroxylation sites is 1. The van der Waals surface area contributed by atoms with E-state index in [0.29, 0.717) is 34.9 Å². The molecule has 0 saturated heterocycles. The lowest BCUT2D eigenvalue weighted by Crippen LogP contribution is -2.04. The van der Waals surface area contributed by atoms with E-state index in [0.717, 1.165) is 17.7 Å². The number of alkyl halides is 3. The monoisotopic (exact) mass is 489 g/mol. The molecule has 180 valence electrons. The second-order valence-corrected chi connectivity index (χ2v) is 7.98. The van der Waals surface area contributed by atoms with Crippen LogP contribution >= 0.6 is 0 Å². The van der Waals surface area contributed by atoms with Gasteiger partial charge in [-0.25, -0.2) is 14.3 Å². The first-order valence-corrected chi connectivity index (χ1v) is 10.9. The first-order valence-electron chi connectivity index (χ1n) is 10.9. The van der Waals surface area contributed by atoms with Crippen molar-refractivity contribution in [2.75, 3.05) is 0 Å². The maximum atomic E-state index is 13.0. The Morgan fingerprint density at radius 2 is 1.61 bits per heavy atom. The molecule has 0 aliphatic heterocycles. The van der Waals surface area contributed by atoms with Gasteiger partial charge in [0, 0.05) is 17.2 Å². The molecule has 6 nitrogen and oxygen atoms in total. The van der Waals surface area contributed by atoms with E-state index in [9.17, 15) is 23.1 Å². The van der Waals surface area contributed by atoms with Gasteiger partial charge >= 0.3 is 12.1 Å². The van der Waals surface area contributed by atoms with Crippen LogP contribution in [0.3, 0.4) is 0 Å². The van der Waals surface area contributed by atoms with E-state index in [1.165, 1.54) is 22.7 Å². The van der Waals surface area contributed by atoms with Gasteiger partial charge in [-0.05, 0) is 35.9 Å². The molecule has 0 amide bonds. The molecule has 0 radical (unpaired) electrons. The average molecular weight is 489 g/mol. The number of halogens is 3. The summed E-state index contributed by atoms with van der Waals surface area (Å²) in [6, 6.07) is 24.4. The van der Waals surface area contributed by atoms with Crippen LogP contribution in [-0.2, 0) is 12.8 Å². The van der Waals surface area contributed by atoms with Crippen molar-refractivity contribution in [1.82, 2.24) is 14.6 Å². The number of hydrogen-bond acceptors (Lipinski definition) is 4. The second-order valence-electron chi connectivity index (χ2n) is 7.98. The van der Waals surface area contributed by atoms with E-state index in [-0.39, 0.29) is 11.3 Å². The number of rotatable bonds is 6. The maximum Gasteiger partial charge on any atom is 0.416 e. The topological polar surface area (TPSA) is 76.7 Å². The van der Waals surface area contributed by atoms with Crippen molar-refractivity contribution >= 4 is 11.6 Å². The minimum absolute atomic E-state index is 0.212. The Bertz CT molecular complexity index is 1550. The van der Waals surface area contributed by atoms with Crippen LogP contribution in [0.4, 0.5) is 13.2 Å². The van der Waals surface area contributed by atoms with E-state index in [1.54, 1.807) is 24.3 Å². The third-order valence-electron chi connectivity index (χ3n) is 5.55. The van der Waals surface area contributed by atoms with Gasteiger partial charge in [-0.15, -0.1) is 0 Å². The molecule has 3 aromatic carbocycles.